The Labute approximate surface area is 128 Å². The maximum Gasteiger partial charge on any atom is 0.338 e. The standard InChI is InChI=1S/C16H16N2O4/c19-15(12-22-14-4-2-1-3-5-14)18-10-11-21-16(20)13-6-8-17-9-7-13/h1-9H,10-12H2,(H,18,19). The molecule has 0 atom stereocenters. The number of esters is 1. The van der Waals surface area contributed by atoms with Crippen LogP contribution < -0.4 is 10.1 Å². The van der Waals surface area contributed by atoms with Crippen LogP contribution in [-0.2, 0) is 9.53 Å². The Balaban J connectivity index is 1.60. The number of rotatable bonds is 7. The summed E-state index contributed by atoms with van der Waals surface area (Å²) in [5.74, 6) is -0.0947. The van der Waals surface area contributed by atoms with Gasteiger partial charge in [-0.05, 0) is 24.3 Å². The molecule has 114 valence electrons. The minimum Gasteiger partial charge on any atom is -0.484 e. The van der Waals surface area contributed by atoms with Gasteiger partial charge in [0.1, 0.15) is 12.4 Å². The molecule has 0 saturated carbocycles. The number of ether oxygens (including phenoxy) is 2. The van der Waals surface area contributed by atoms with E-state index in [0.717, 1.165) is 0 Å². The number of benzene rings is 1. The number of nitrogens with zero attached hydrogens (tertiary/aromatic N) is 1. The van der Waals surface area contributed by atoms with E-state index in [1.54, 1.807) is 24.3 Å². The number of nitrogens with one attached hydrogen (secondary N) is 1. The Morgan fingerprint density at radius 2 is 1.77 bits per heavy atom. The molecule has 2 aromatic rings. The second-order valence-electron chi connectivity index (χ2n) is 4.32. The van der Waals surface area contributed by atoms with Crippen LogP contribution in [-0.4, -0.2) is 36.6 Å². The van der Waals surface area contributed by atoms with Crippen LogP contribution >= 0.6 is 0 Å². The van der Waals surface area contributed by atoms with Crippen molar-refractivity contribution in [3.8, 4) is 5.75 Å². The number of carbonyl (C=O) groups excluding carboxylic acids is 2. The summed E-state index contributed by atoms with van der Waals surface area (Å²) >= 11 is 0. The summed E-state index contributed by atoms with van der Waals surface area (Å²) in [4.78, 5) is 27.0. The molecule has 1 aromatic carbocycles. The van der Waals surface area contributed by atoms with Crippen molar-refractivity contribution in [1.29, 1.82) is 0 Å². The Morgan fingerprint density at radius 1 is 1.05 bits per heavy atom. The molecule has 0 spiro atoms. The van der Waals surface area contributed by atoms with Gasteiger partial charge in [0.15, 0.2) is 6.61 Å². The van der Waals surface area contributed by atoms with Gasteiger partial charge in [-0.15, -0.1) is 0 Å². The molecule has 0 radical (unpaired) electrons. The fourth-order valence-corrected chi connectivity index (χ4v) is 1.62. The minimum atomic E-state index is -0.447. The molecule has 0 bridgehead atoms. The van der Waals surface area contributed by atoms with E-state index in [-0.39, 0.29) is 25.7 Å². The van der Waals surface area contributed by atoms with Gasteiger partial charge in [0.25, 0.3) is 5.91 Å². The van der Waals surface area contributed by atoms with E-state index in [2.05, 4.69) is 10.3 Å². The molecule has 0 aliphatic heterocycles. The summed E-state index contributed by atoms with van der Waals surface area (Å²) in [5.41, 5.74) is 0.425. The zero-order chi connectivity index (χ0) is 15.6. The maximum atomic E-state index is 11.6. The summed E-state index contributed by atoms with van der Waals surface area (Å²) in [7, 11) is 0. The topological polar surface area (TPSA) is 77.5 Å². The predicted molar refractivity (Wildman–Crippen MR) is 79.5 cm³/mol. The zero-order valence-electron chi connectivity index (χ0n) is 11.9. The van der Waals surface area contributed by atoms with Crippen molar-refractivity contribution in [2.24, 2.45) is 0 Å². The van der Waals surface area contributed by atoms with Crippen molar-refractivity contribution in [2.45, 2.75) is 0 Å². The molecule has 6 heteroatoms. The Morgan fingerprint density at radius 3 is 2.50 bits per heavy atom. The SMILES string of the molecule is O=C(COc1ccccc1)NCCOC(=O)c1ccncc1. The van der Waals surface area contributed by atoms with Gasteiger partial charge in [0.2, 0.25) is 0 Å². The number of hydrogen-bond acceptors (Lipinski definition) is 5. The summed E-state index contributed by atoms with van der Waals surface area (Å²) in [5, 5.41) is 2.61. The van der Waals surface area contributed by atoms with Crippen molar-refractivity contribution in [1.82, 2.24) is 10.3 Å². The first kappa shape index (κ1) is 15.5. The fourth-order valence-electron chi connectivity index (χ4n) is 1.62. The number of aromatic nitrogens is 1. The van der Waals surface area contributed by atoms with Crippen molar-refractivity contribution >= 4 is 11.9 Å². The summed E-state index contributed by atoms with van der Waals surface area (Å²) in [6.45, 7) is 0.244. The predicted octanol–water partition coefficient (Wildman–Crippen LogP) is 1.43. The number of hydrogen-bond donors (Lipinski definition) is 1. The lowest BCUT2D eigenvalue weighted by atomic mass is 10.3. The van der Waals surface area contributed by atoms with Crippen molar-refractivity contribution in [3.63, 3.8) is 0 Å². The third-order valence-electron chi connectivity index (χ3n) is 2.69. The fraction of sp³-hybridized carbons (Fsp3) is 0.188. The first-order chi connectivity index (χ1) is 10.8. The van der Waals surface area contributed by atoms with Crippen LogP contribution in [0.2, 0.25) is 0 Å². The molecule has 22 heavy (non-hydrogen) atoms. The zero-order valence-corrected chi connectivity index (χ0v) is 11.9. The van der Waals surface area contributed by atoms with E-state index in [9.17, 15) is 9.59 Å². The Kier molecular flexibility index (Phi) is 5.92. The van der Waals surface area contributed by atoms with Crippen molar-refractivity contribution < 1.29 is 19.1 Å². The lowest BCUT2D eigenvalue weighted by molar-refractivity contribution is -0.123. The van der Waals surface area contributed by atoms with Crippen LogP contribution in [0.3, 0.4) is 0 Å². The quantitative estimate of drug-likeness (QED) is 0.618. The van der Waals surface area contributed by atoms with E-state index in [0.29, 0.717) is 11.3 Å². The molecule has 0 aliphatic carbocycles. The normalized spacial score (nSPS) is 9.82. The molecular formula is C16H16N2O4. The van der Waals surface area contributed by atoms with Crippen LogP contribution in [0.5, 0.6) is 5.75 Å². The van der Waals surface area contributed by atoms with Gasteiger partial charge in [0, 0.05) is 12.4 Å². The molecule has 1 amide bonds. The highest BCUT2D eigenvalue weighted by atomic mass is 16.5. The highest BCUT2D eigenvalue weighted by molar-refractivity contribution is 5.89. The molecule has 0 unspecified atom stereocenters. The minimum absolute atomic E-state index is 0.0810. The number of amides is 1. The first-order valence-electron chi connectivity index (χ1n) is 6.77. The second-order valence-corrected chi connectivity index (χ2v) is 4.32. The third-order valence-corrected chi connectivity index (χ3v) is 2.69. The average Bonchev–Trinajstić information content (AvgIpc) is 2.58. The van der Waals surface area contributed by atoms with Gasteiger partial charge in [-0.2, -0.15) is 0 Å². The van der Waals surface area contributed by atoms with E-state index < -0.39 is 5.97 Å². The number of para-hydroxylation sites is 1. The number of pyridine rings is 1. The van der Waals surface area contributed by atoms with Gasteiger partial charge in [-0.3, -0.25) is 9.78 Å². The molecule has 2 rings (SSSR count). The van der Waals surface area contributed by atoms with Crippen molar-refractivity contribution in [3.05, 3.63) is 60.4 Å². The summed E-state index contributed by atoms with van der Waals surface area (Å²) < 4.78 is 10.3. The molecule has 1 N–H and O–H groups in total. The lowest BCUT2D eigenvalue weighted by Gasteiger charge is -2.08. The maximum absolute atomic E-state index is 11.6. The molecule has 0 fully saturated rings. The summed E-state index contributed by atoms with van der Waals surface area (Å²) in [6, 6.07) is 12.2. The molecule has 0 aliphatic rings. The van der Waals surface area contributed by atoms with E-state index in [4.69, 9.17) is 9.47 Å². The van der Waals surface area contributed by atoms with Crippen LogP contribution in [0, 0.1) is 0 Å². The van der Waals surface area contributed by atoms with E-state index in [1.165, 1.54) is 12.4 Å². The van der Waals surface area contributed by atoms with Crippen LogP contribution in [0.4, 0.5) is 0 Å². The molecule has 6 nitrogen and oxygen atoms in total. The summed E-state index contributed by atoms with van der Waals surface area (Å²) in [6.07, 6.45) is 3.03. The largest absolute Gasteiger partial charge is 0.484 e. The highest BCUT2D eigenvalue weighted by Crippen LogP contribution is 2.07. The molecular weight excluding hydrogens is 284 g/mol. The third kappa shape index (κ3) is 5.24. The van der Waals surface area contributed by atoms with Crippen molar-refractivity contribution in [2.75, 3.05) is 19.8 Å². The van der Waals surface area contributed by atoms with Gasteiger partial charge in [-0.1, -0.05) is 18.2 Å². The van der Waals surface area contributed by atoms with E-state index >= 15 is 0 Å². The highest BCUT2D eigenvalue weighted by Gasteiger charge is 2.06. The van der Waals surface area contributed by atoms with Gasteiger partial charge in [0.05, 0.1) is 12.1 Å². The Hall–Kier alpha value is -2.89. The lowest BCUT2D eigenvalue weighted by Crippen LogP contribution is -2.32. The van der Waals surface area contributed by atoms with Crippen LogP contribution in [0.1, 0.15) is 10.4 Å². The second kappa shape index (κ2) is 8.41. The average molecular weight is 300 g/mol. The Bertz CT molecular complexity index is 602. The van der Waals surface area contributed by atoms with Gasteiger partial charge in [-0.25, -0.2) is 4.79 Å². The first-order valence-corrected chi connectivity index (χ1v) is 6.77. The number of carbonyl (C=O) groups is 2. The van der Waals surface area contributed by atoms with Crippen LogP contribution in [0.15, 0.2) is 54.9 Å². The molecule has 1 heterocycles. The van der Waals surface area contributed by atoms with Gasteiger partial charge < -0.3 is 14.8 Å². The van der Waals surface area contributed by atoms with Gasteiger partial charge >= 0.3 is 5.97 Å². The van der Waals surface area contributed by atoms with Crippen LogP contribution in [0.25, 0.3) is 0 Å². The molecule has 0 saturated heterocycles. The monoisotopic (exact) mass is 300 g/mol. The smallest absolute Gasteiger partial charge is 0.338 e. The molecule has 1 aromatic heterocycles. The van der Waals surface area contributed by atoms with E-state index in [1.807, 2.05) is 18.2 Å².